The van der Waals surface area contributed by atoms with Crippen LogP contribution < -0.4 is 5.32 Å². The summed E-state index contributed by atoms with van der Waals surface area (Å²) >= 11 is 5.75. The van der Waals surface area contributed by atoms with Gasteiger partial charge in [-0.2, -0.15) is 0 Å². The van der Waals surface area contributed by atoms with E-state index < -0.39 is 5.82 Å². The van der Waals surface area contributed by atoms with Crippen LogP contribution in [0, 0.1) is 5.82 Å². The Morgan fingerprint density at radius 3 is 2.80 bits per heavy atom. The van der Waals surface area contributed by atoms with Gasteiger partial charge in [0.05, 0.1) is 0 Å². The fourth-order valence-electron chi connectivity index (χ4n) is 2.02. The van der Waals surface area contributed by atoms with Crippen LogP contribution in [0.15, 0.2) is 48.7 Å². The van der Waals surface area contributed by atoms with Gasteiger partial charge in [-0.3, -0.25) is 4.79 Å². The zero-order chi connectivity index (χ0) is 14.1. The van der Waals surface area contributed by atoms with Gasteiger partial charge in [-0.25, -0.2) is 4.39 Å². The van der Waals surface area contributed by atoms with Crippen LogP contribution in [0.1, 0.15) is 10.4 Å². The first kappa shape index (κ1) is 12.7. The lowest BCUT2D eigenvalue weighted by Gasteiger charge is -2.06. The topological polar surface area (TPSA) is 44.9 Å². The third-order valence-electron chi connectivity index (χ3n) is 2.94. The van der Waals surface area contributed by atoms with Gasteiger partial charge in [0, 0.05) is 28.0 Å². The molecule has 0 aliphatic rings. The van der Waals surface area contributed by atoms with Crippen LogP contribution in [-0.2, 0) is 0 Å². The molecular formula is C15H10ClFN2O. The number of rotatable bonds is 2. The van der Waals surface area contributed by atoms with E-state index in [4.69, 9.17) is 11.6 Å². The van der Waals surface area contributed by atoms with Crippen molar-refractivity contribution in [2.75, 3.05) is 5.32 Å². The van der Waals surface area contributed by atoms with Gasteiger partial charge in [-0.05, 0) is 41.8 Å². The molecule has 3 nitrogen and oxygen atoms in total. The fourth-order valence-corrected chi connectivity index (χ4v) is 2.24. The second-order valence-corrected chi connectivity index (χ2v) is 4.83. The van der Waals surface area contributed by atoms with Gasteiger partial charge in [0.25, 0.3) is 5.91 Å². The number of carbonyl (C=O) groups excluding carboxylic acids is 1. The second kappa shape index (κ2) is 4.98. The summed E-state index contributed by atoms with van der Waals surface area (Å²) in [5.74, 6) is -0.809. The minimum absolute atomic E-state index is 0.236. The van der Waals surface area contributed by atoms with E-state index in [1.165, 1.54) is 18.2 Å². The molecule has 0 bridgehead atoms. The Morgan fingerprint density at radius 2 is 2.00 bits per heavy atom. The molecule has 3 aromatic rings. The Balaban J connectivity index is 1.88. The highest BCUT2D eigenvalue weighted by molar-refractivity contribution is 6.31. The Kier molecular flexibility index (Phi) is 3.16. The number of H-pyrrole nitrogens is 1. The predicted octanol–water partition coefficient (Wildman–Crippen LogP) is 4.21. The van der Waals surface area contributed by atoms with E-state index in [0.29, 0.717) is 11.3 Å². The van der Waals surface area contributed by atoms with E-state index >= 15 is 0 Å². The van der Waals surface area contributed by atoms with Gasteiger partial charge in [0.15, 0.2) is 0 Å². The molecule has 0 atom stereocenters. The Bertz CT molecular complexity index is 777. The van der Waals surface area contributed by atoms with Gasteiger partial charge in [-0.1, -0.05) is 17.7 Å². The van der Waals surface area contributed by atoms with Gasteiger partial charge in [0.2, 0.25) is 0 Å². The van der Waals surface area contributed by atoms with Crippen molar-refractivity contribution in [3.63, 3.8) is 0 Å². The lowest BCUT2D eigenvalue weighted by Crippen LogP contribution is -2.11. The Morgan fingerprint density at radius 1 is 1.15 bits per heavy atom. The van der Waals surface area contributed by atoms with Crippen molar-refractivity contribution < 1.29 is 9.18 Å². The SMILES string of the molecule is O=C(Nc1cc(F)cc(Cl)c1)c1ccc2cc[nH]c2c1. The molecule has 100 valence electrons. The number of aromatic amines is 1. The van der Waals surface area contributed by atoms with Crippen molar-refractivity contribution in [3.05, 3.63) is 65.1 Å². The molecular weight excluding hydrogens is 279 g/mol. The highest BCUT2D eigenvalue weighted by Gasteiger charge is 2.08. The van der Waals surface area contributed by atoms with Gasteiger partial charge < -0.3 is 10.3 Å². The number of halogens is 2. The second-order valence-electron chi connectivity index (χ2n) is 4.39. The molecule has 0 radical (unpaired) electrons. The number of hydrogen-bond donors (Lipinski definition) is 2. The van der Waals surface area contributed by atoms with Gasteiger partial charge in [-0.15, -0.1) is 0 Å². The Labute approximate surface area is 119 Å². The highest BCUT2D eigenvalue weighted by Crippen LogP contribution is 2.20. The lowest BCUT2D eigenvalue weighted by atomic mass is 10.1. The van der Waals surface area contributed by atoms with Crippen molar-refractivity contribution in [1.29, 1.82) is 0 Å². The number of benzene rings is 2. The molecule has 2 N–H and O–H groups in total. The Hall–Kier alpha value is -2.33. The molecule has 3 rings (SSSR count). The van der Waals surface area contributed by atoms with Crippen molar-refractivity contribution in [2.45, 2.75) is 0 Å². The van der Waals surface area contributed by atoms with Crippen molar-refractivity contribution in [2.24, 2.45) is 0 Å². The molecule has 20 heavy (non-hydrogen) atoms. The van der Waals surface area contributed by atoms with Crippen LogP contribution in [0.2, 0.25) is 5.02 Å². The summed E-state index contributed by atoms with van der Waals surface area (Å²) in [4.78, 5) is 15.1. The molecule has 0 spiro atoms. The van der Waals surface area contributed by atoms with Crippen LogP contribution >= 0.6 is 11.6 Å². The smallest absolute Gasteiger partial charge is 0.255 e. The lowest BCUT2D eigenvalue weighted by molar-refractivity contribution is 0.102. The average molecular weight is 289 g/mol. The van der Waals surface area contributed by atoms with Crippen LogP contribution in [0.25, 0.3) is 10.9 Å². The predicted molar refractivity (Wildman–Crippen MR) is 77.7 cm³/mol. The summed E-state index contributed by atoms with van der Waals surface area (Å²) in [6.07, 6.45) is 1.80. The first-order chi connectivity index (χ1) is 9.61. The minimum atomic E-state index is -0.493. The van der Waals surface area contributed by atoms with Crippen molar-refractivity contribution >= 4 is 34.1 Å². The number of amides is 1. The third-order valence-corrected chi connectivity index (χ3v) is 3.16. The zero-order valence-corrected chi connectivity index (χ0v) is 11.0. The highest BCUT2D eigenvalue weighted by atomic mass is 35.5. The van der Waals surface area contributed by atoms with Crippen molar-refractivity contribution in [1.82, 2.24) is 4.98 Å². The molecule has 0 unspecified atom stereocenters. The summed E-state index contributed by atoms with van der Waals surface area (Å²) in [6.45, 7) is 0. The largest absolute Gasteiger partial charge is 0.361 e. The summed E-state index contributed by atoms with van der Waals surface area (Å²) in [5.41, 5.74) is 1.68. The molecule has 0 saturated heterocycles. The molecule has 0 aliphatic heterocycles. The molecule has 5 heteroatoms. The van der Waals surface area contributed by atoms with E-state index in [9.17, 15) is 9.18 Å². The van der Waals surface area contributed by atoms with E-state index in [1.807, 2.05) is 12.1 Å². The van der Waals surface area contributed by atoms with E-state index in [2.05, 4.69) is 10.3 Å². The maximum Gasteiger partial charge on any atom is 0.255 e. The monoisotopic (exact) mass is 288 g/mol. The summed E-state index contributed by atoms with van der Waals surface area (Å²) in [7, 11) is 0. The number of hydrogen-bond acceptors (Lipinski definition) is 1. The number of anilines is 1. The van der Waals surface area contributed by atoms with Gasteiger partial charge >= 0.3 is 0 Å². The van der Waals surface area contributed by atoms with E-state index in [0.717, 1.165) is 10.9 Å². The van der Waals surface area contributed by atoms with Crippen LogP contribution in [0.5, 0.6) is 0 Å². The summed E-state index contributed by atoms with van der Waals surface area (Å²) < 4.78 is 13.2. The van der Waals surface area contributed by atoms with E-state index in [-0.39, 0.29) is 10.9 Å². The number of aromatic nitrogens is 1. The molecule has 1 aromatic heterocycles. The summed E-state index contributed by atoms with van der Waals surface area (Å²) in [5, 5.41) is 3.88. The average Bonchev–Trinajstić information content (AvgIpc) is 2.84. The number of nitrogens with one attached hydrogen (secondary N) is 2. The van der Waals surface area contributed by atoms with Gasteiger partial charge in [0.1, 0.15) is 5.82 Å². The number of carbonyl (C=O) groups is 1. The first-order valence-corrected chi connectivity index (χ1v) is 6.34. The maximum atomic E-state index is 13.2. The zero-order valence-electron chi connectivity index (χ0n) is 10.3. The molecule has 2 aromatic carbocycles. The van der Waals surface area contributed by atoms with E-state index in [1.54, 1.807) is 18.3 Å². The molecule has 0 saturated carbocycles. The quantitative estimate of drug-likeness (QED) is 0.729. The van der Waals surface area contributed by atoms with Crippen molar-refractivity contribution in [3.8, 4) is 0 Å². The number of fused-ring (bicyclic) bond motifs is 1. The van der Waals surface area contributed by atoms with Crippen LogP contribution in [0.4, 0.5) is 10.1 Å². The minimum Gasteiger partial charge on any atom is -0.361 e. The first-order valence-electron chi connectivity index (χ1n) is 5.96. The fraction of sp³-hybridized carbons (Fsp3) is 0. The maximum absolute atomic E-state index is 13.2. The van der Waals surface area contributed by atoms with Crippen LogP contribution in [0.3, 0.4) is 0 Å². The molecule has 0 fully saturated rings. The molecule has 0 aliphatic carbocycles. The third kappa shape index (κ3) is 2.51. The van der Waals surface area contributed by atoms with Crippen LogP contribution in [-0.4, -0.2) is 10.9 Å². The molecule has 1 heterocycles. The normalized spacial score (nSPS) is 10.7. The molecule has 1 amide bonds. The standard InChI is InChI=1S/C15H10ClFN2O/c16-11-6-12(17)8-13(7-11)19-15(20)10-2-1-9-3-4-18-14(9)5-10/h1-8,18H,(H,19,20). The summed E-state index contributed by atoms with van der Waals surface area (Å²) in [6, 6.07) is 11.1.